The molecule has 2 aliphatic carbocycles. The van der Waals surface area contributed by atoms with E-state index >= 15 is 0 Å². The van der Waals surface area contributed by atoms with Gasteiger partial charge in [0.15, 0.2) is 0 Å². The van der Waals surface area contributed by atoms with Crippen molar-refractivity contribution in [1.29, 1.82) is 0 Å². The average molecular weight is 449 g/mol. The Morgan fingerprint density at radius 1 is 1.03 bits per heavy atom. The smallest absolute Gasteiger partial charge is 0.321 e. The van der Waals surface area contributed by atoms with Crippen LogP contribution in [0.5, 0.6) is 0 Å². The Morgan fingerprint density at radius 2 is 1.71 bits per heavy atom. The summed E-state index contributed by atoms with van der Waals surface area (Å²) in [6.07, 6.45) is 11.3. The summed E-state index contributed by atoms with van der Waals surface area (Å²) in [4.78, 5) is 17.2. The number of nitrogens with one attached hydrogen (secondary N) is 2. The maximum absolute atomic E-state index is 12.2. The number of piperazine rings is 1. The SMILES string of the molecule is CCC(C)(C)C1CCC(N2CCN(c3nnc(NC(=O)NC4CCCC4)s3)CC2)CC1. The van der Waals surface area contributed by atoms with Crippen LogP contribution < -0.4 is 15.5 Å². The third-order valence-electron chi connectivity index (χ3n) is 8.14. The summed E-state index contributed by atoms with van der Waals surface area (Å²) in [6.45, 7) is 11.4. The van der Waals surface area contributed by atoms with Crippen LogP contribution in [-0.4, -0.2) is 59.4 Å². The number of rotatable bonds is 6. The number of nitrogens with zero attached hydrogens (tertiary/aromatic N) is 4. The molecule has 0 radical (unpaired) electrons. The van der Waals surface area contributed by atoms with Gasteiger partial charge in [-0.15, -0.1) is 10.2 Å². The van der Waals surface area contributed by atoms with E-state index in [4.69, 9.17) is 0 Å². The molecule has 0 bridgehead atoms. The Labute approximate surface area is 191 Å². The van der Waals surface area contributed by atoms with Gasteiger partial charge in [-0.3, -0.25) is 10.2 Å². The van der Waals surface area contributed by atoms with E-state index in [0.29, 0.717) is 16.6 Å². The fraction of sp³-hybridized carbons (Fsp3) is 0.870. The van der Waals surface area contributed by atoms with E-state index < -0.39 is 0 Å². The van der Waals surface area contributed by atoms with E-state index in [1.54, 1.807) is 0 Å². The Hall–Kier alpha value is -1.41. The molecule has 174 valence electrons. The molecule has 2 saturated carbocycles. The van der Waals surface area contributed by atoms with E-state index in [0.717, 1.165) is 56.1 Å². The number of anilines is 2. The quantitative estimate of drug-likeness (QED) is 0.659. The molecule has 3 fully saturated rings. The lowest BCUT2D eigenvalue weighted by atomic mass is 9.68. The molecule has 1 aromatic heterocycles. The maximum Gasteiger partial charge on any atom is 0.321 e. The fourth-order valence-corrected chi connectivity index (χ4v) is 6.36. The Balaban J connectivity index is 1.21. The Morgan fingerprint density at radius 3 is 2.35 bits per heavy atom. The zero-order chi connectivity index (χ0) is 21.8. The largest absolute Gasteiger partial charge is 0.344 e. The molecule has 2 heterocycles. The van der Waals surface area contributed by atoms with E-state index in [9.17, 15) is 4.79 Å². The second-order valence-electron chi connectivity index (χ2n) is 10.3. The number of aromatic nitrogens is 2. The van der Waals surface area contributed by atoms with Crippen LogP contribution in [0, 0.1) is 11.3 Å². The Kier molecular flexibility index (Phi) is 7.37. The van der Waals surface area contributed by atoms with E-state index in [2.05, 4.69) is 51.4 Å². The van der Waals surface area contributed by atoms with Gasteiger partial charge in [0.1, 0.15) is 0 Å². The van der Waals surface area contributed by atoms with Crippen molar-refractivity contribution in [1.82, 2.24) is 20.4 Å². The summed E-state index contributed by atoms with van der Waals surface area (Å²) in [5.74, 6) is 0.883. The van der Waals surface area contributed by atoms with Crippen LogP contribution in [0.3, 0.4) is 0 Å². The molecular formula is C23H40N6OS. The first kappa shape index (κ1) is 22.8. The minimum absolute atomic E-state index is 0.152. The molecule has 0 spiro atoms. The summed E-state index contributed by atoms with van der Waals surface area (Å²) in [6, 6.07) is 0.904. The predicted octanol–water partition coefficient (Wildman–Crippen LogP) is 4.72. The topological polar surface area (TPSA) is 73.4 Å². The highest BCUT2D eigenvalue weighted by atomic mass is 32.1. The van der Waals surface area contributed by atoms with Crippen molar-refractivity contribution in [3.8, 4) is 0 Å². The molecule has 1 aliphatic heterocycles. The first-order valence-corrected chi connectivity index (χ1v) is 13.2. The van der Waals surface area contributed by atoms with Gasteiger partial charge in [-0.25, -0.2) is 4.79 Å². The highest BCUT2D eigenvalue weighted by Gasteiger charge is 2.34. The second kappa shape index (κ2) is 10.0. The summed E-state index contributed by atoms with van der Waals surface area (Å²) in [7, 11) is 0. The second-order valence-corrected chi connectivity index (χ2v) is 11.3. The molecule has 7 nitrogen and oxygen atoms in total. The van der Waals surface area contributed by atoms with Crippen molar-refractivity contribution in [2.24, 2.45) is 11.3 Å². The number of hydrogen-bond donors (Lipinski definition) is 2. The number of carbonyl (C=O) groups excluding carboxylic acids is 1. The molecule has 4 rings (SSSR count). The lowest BCUT2D eigenvalue weighted by Gasteiger charge is -2.44. The number of urea groups is 1. The van der Waals surface area contributed by atoms with E-state index in [1.165, 1.54) is 56.3 Å². The molecule has 2 amide bonds. The van der Waals surface area contributed by atoms with Crippen LogP contribution in [0.2, 0.25) is 0 Å². The van der Waals surface area contributed by atoms with Gasteiger partial charge in [-0.2, -0.15) is 0 Å². The summed E-state index contributed by atoms with van der Waals surface area (Å²) >= 11 is 1.48. The Bertz CT molecular complexity index is 715. The number of carbonyl (C=O) groups is 1. The molecule has 8 heteroatoms. The summed E-state index contributed by atoms with van der Waals surface area (Å²) in [5.41, 5.74) is 0.487. The minimum atomic E-state index is -0.152. The van der Waals surface area contributed by atoms with Crippen molar-refractivity contribution in [2.75, 3.05) is 36.4 Å². The van der Waals surface area contributed by atoms with Crippen molar-refractivity contribution in [2.45, 2.75) is 90.6 Å². The molecule has 1 aromatic rings. The van der Waals surface area contributed by atoms with Gasteiger partial charge in [0.25, 0.3) is 0 Å². The van der Waals surface area contributed by atoms with Crippen molar-refractivity contribution in [3.63, 3.8) is 0 Å². The van der Waals surface area contributed by atoms with Crippen LogP contribution in [0.15, 0.2) is 0 Å². The van der Waals surface area contributed by atoms with Crippen LogP contribution in [0.1, 0.15) is 78.6 Å². The van der Waals surface area contributed by atoms with Gasteiger partial charge in [-0.05, 0) is 49.9 Å². The first-order chi connectivity index (χ1) is 14.9. The van der Waals surface area contributed by atoms with Crippen LogP contribution >= 0.6 is 11.3 Å². The first-order valence-electron chi connectivity index (χ1n) is 12.3. The number of amides is 2. The molecule has 1 saturated heterocycles. The zero-order valence-corrected chi connectivity index (χ0v) is 20.3. The zero-order valence-electron chi connectivity index (χ0n) is 19.5. The standard InChI is InChI=1S/C23H40N6OS/c1-4-23(2,3)17-9-11-19(12-10-17)28-13-15-29(16-14-28)22-27-26-21(31-22)25-20(30)24-18-7-5-6-8-18/h17-19H,4-16H2,1-3H3,(H2,24,25,26,30). The molecule has 0 atom stereocenters. The average Bonchev–Trinajstić information content (AvgIpc) is 3.46. The van der Waals surface area contributed by atoms with E-state index in [-0.39, 0.29) is 6.03 Å². The summed E-state index contributed by atoms with van der Waals surface area (Å²) < 4.78 is 0. The fourth-order valence-electron chi connectivity index (χ4n) is 5.57. The van der Waals surface area contributed by atoms with Gasteiger partial charge >= 0.3 is 6.03 Å². The van der Waals surface area contributed by atoms with E-state index in [1.807, 2.05) is 0 Å². The minimum Gasteiger partial charge on any atom is -0.344 e. The van der Waals surface area contributed by atoms with Crippen LogP contribution in [0.4, 0.5) is 15.1 Å². The lowest BCUT2D eigenvalue weighted by Crippen LogP contribution is -2.51. The van der Waals surface area contributed by atoms with Gasteiger partial charge in [0, 0.05) is 38.3 Å². The van der Waals surface area contributed by atoms with Gasteiger partial charge in [0.2, 0.25) is 10.3 Å². The maximum atomic E-state index is 12.2. The monoisotopic (exact) mass is 448 g/mol. The third kappa shape index (κ3) is 5.69. The van der Waals surface area contributed by atoms with Gasteiger partial charge in [0.05, 0.1) is 0 Å². The molecule has 31 heavy (non-hydrogen) atoms. The summed E-state index contributed by atoms with van der Waals surface area (Å²) in [5, 5.41) is 16.0. The predicted molar refractivity (Wildman–Crippen MR) is 128 cm³/mol. The normalized spacial score (nSPS) is 26.2. The lowest BCUT2D eigenvalue weighted by molar-refractivity contribution is 0.0819. The number of hydrogen-bond acceptors (Lipinski definition) is 6. The highest BCUT2D eigenvalue weighted by molar-refractivity contribution is 7.19. The van der Waals surface area contributed by atoms with Gasteiger partial charge < -0.3 is 10.2 Å². The molecule has 0 aromatic carbocycles. The van der Waals surface area contributed by atoms with Crippen molar-refractivity contribution >= 4 is 27.6 Å². The van der Waals surface area contributed by atoms with Gasteiger partial charge in [-0.1, -0.05) is 51.4 Å². The molecule has 3 aliphatic rings. The highest BCUT2D eigenvalue weighted by Crippen LogP contribution is 2.41. The molecule has 2 N–H and O–H groups in total. The van der Waals surface area contributed by atoms with Crippen molar-refractivity contribution < 1.29 is 4.79 Å². The molecule has 0 unspecified atom stereocenters. The van der Waals surface area contributed by atoms with Crippen LogP contribution in [-0.2, 0) is 0 Å². The van der Waals surface area contributed by atoms with Crippen molar-refractivity contribution in [3.05, 3.63) is 0 Å². The molecular weight excluding hydrogens is 408 g/mol. The third-order valence-corrected chi connectivity index (χ3v) is 9.04. The van der Waals surface area contributed by atoms with Crippen LogP contribution in [0.25, 0.3) is 0 Å².